The molecule has 2 aromatic carbocycles. The van der Waals surface area contributed by atoms with Crippen LogP contribution in [0.15, 0.2) is 73.1 Å². The summed E-state index contributed by atoms with van der Waals surface area (Å²) in [7, 11) is -3.95. The molecule has 0 fully saturated rings. The maximum Gasteiger partial charge on any atom is 0.238 e. The van der Waals surface area contributed by atoms with Crippen LogP contribution in [0.2, 0.25) is 0 Å². The van der Waals surface area contributed by atoms with Gasteiger partial charge in [-0.15, -0.1) is 10.2 Å². The first-order valence-electron chi connectivity index (χ1n) is 8.94. The number of hydrogen-bond donors (Lipinski definition) is 1. The SMILES string of the molecule is O=S(=O)(Cc1cc(F)ccc1F)Nc1ccc(Oc2ccc(-n3cccn3)nn2)cc1. The molecule has 158 valence electrons. The van der Waals surface area contributed by atoms with Gasteiger partial charge in [0, 0.05) is 29.7 Å². The van der Waals surface area contributed by atoms with Crippen LogP contribution in [0.1, 0.15) is 5.56 Å². The van der Waals surface area contributed by atoms with E-state index in [1.54, 1.807) is 35.3 Å². The molecule has 0 spiro atoms. The van der Waals surface area contributed by atoms with Crippen molar-refractivity contribution in [2.24, 2.45) is 0 Å². The summed E-state index contributed by atoms with van der Waals surface area (Å²) in [6, 6.07) is 13.7. The van der Waals surface area contributed by atoms with Gasteiger partial charge in [-0.2, -0.15) is 5.10 Å². The second-order valence-electron chi connectivity index (χ2n) is 6.40. The van der Waals surface area contributed by atoms with Crippen LogP contribution in [0, 0.1) is 11.6 Å². The van der Waals surface area contributed by atoms with Crippen LogP contribution in [0.25, 0.3) is 5.82 Å². The van der Waals surface area contributed by atoms with Crippen molar-refractivity contribution in [3.63, 3.8) is 0 Å². The number of hydrogen-bond acceptors (Lipinski definition) is 6. The smallest absolute Gasteiger partial charge is 0.238 e. The number of rotatable bonds is 7. The molecule has 0 bridgehead atoms. The van der Waals surface area contributed by atoms with Gasteiger partial charge in [0.05, 0.1) is 5.75 Å². The molecule has 0 radical (unpaired) electrons. The Labute approximate surface area is 176 Å². The fraction of sp³-hybridized carbons (Fsp3) is 0.0500. The number of benzene rings is 2. The van der Waals surface area contributed by atoms with Crippen LogP contribution >= 0.6 is 0 Å². The maximum atomic E-state index is 13.7. The highest BCUT2D eigenvalue weighted by atomic mass is 32.2. The zero-order valence-electron chi connectivity index (χ0n) is 15.8. The van der Waals surface area contributed by atoms with Crippen LogP contribution < -0.4 is 9.46 Å². The number of nitrogens with zero attached hydrogens (tertiary/aromatic N) is 4. The molecule has 8 nitrogen and oxygen atoms in total. The van der Waals surface area contributed by atoms with E-state index >= 15 is 0 Å². The van der Waals surface area contributed by atoms with Gasteiger partial charge in [-0.25, -0.2) is 21.9 Å². The average Bonchev–Trinajstić information content (AvgIpc) is 3.27. The second kappa shape index (κ2) is 8.48. The Kier molecular flexibility index (Phi) is 5.58. The molecular weight excluding hydrogens is 428 g/mol. The van der Waals surface area contributed by atoms with E-state index in [2.05, 4.69) is 20.0 Å². The summed E-state index contributed by atoms with van der Waals surface area (Å²) in [5.74, 6) is -1.04. The monoisotopic (exact) mass is 443 g/mol. The average molecular weight is 443 g/mol. The standard InChI is InChI=1S/C20H15F2N5O3S/c21-15-2-7-18(22)14(12-15)13-31(28,29)26-16-3-5-17(6-4-16)30-20-9-8-19(24-25-20)27-11-1-10-23-27/h1-12,26H,13H2. The van der Waals surface area contributed by atoms with E-state index in [0.29, 0.717) is 11.6 Å². The van der Waals surface area contributed by atoms with E-state index in [9.17, 15) is 17.2 Å². The first kappa shape index (κ1) is 20.4. The molecule has 0 aliphatic heterocycles. The molecule has 0 amide bonds. The minimum atomic E-state index is -3.95. The molecule has 0 saturated carbocycles. The van der Waals surface area contributed by atoms with Gasteiger partial charge in [-0.1, -0.05) is 0 Å². The fourth-order valence-electron chi connectivity index (χ4n) is 2.68. The lowest BCUT2D eigenvalue weighted by molar-refractivity contribution is 0.454. The van der Waals surface area contributed by atoms with Crippen LogP contribution in [-0.4, -0.2) is 28.4 Å². The number of nitrogens with one attached hydrogen (secondary N) is 1. The quantitative estimate of drug-likeness (QED) is 0.468. The number of aromatic nitrogens is 4. The highest BCUT2D eigenvalue weighted by Crippen LogP contribution is 2.23. The van der Waals surface area contributed by atoms with Gasteiger partial charge in [0.1, 0.15) is 17.4 Å². The van der Waals surface area contributed by atoms with Gasteiger partial charge in [0.15, 0.2) is 5.82 Å². The molecule has 0 unspecified atom stereocenters. The first-order valence-corrected chi connectivity index (χ1v) is 10.6. The minimum Gasteiger partial charge on any atom is -0.438 e. The second-order valence-corrected chi connectivity index (χ2v) is 8.13. The van der Waals surface area contributed by atoms with Crippen molar-refractivity contribution in [1.82, 2.24) is 20.0 Å². The summed E-state index contributed by atoms with van der Waals surface area (Å²) in [4.78, 5) is 0. The van der Waals surface area contributed by atoms with Crippen molar-refractivity contribution >= 4 is 15.7 Å². The Hall–Kier alpha value is -3.86. The Morgan fingerprint density at radius 2 is 1.81 bits per heavy atom. The molecule has 0 atom stereocenters. The van der Waals surface area contributed by atoms with E-state index in [1.807, 2.05) is 0 Å². The van der Waals surface area contributed by atoms with Gasteiger partial charge in [0.2, 0.25) is 15.9 Å². The van der Waals surface area contributed by atoms with Crippen molar-refractivity contribution in [1.29, 1.82) is 0 Å². The summed E-state index contributed by atoms with van der Waals surface area (Å²) in [5.41, 5.74) is -0.0196. The van der Waals surface area contributed by atoms with Crippen molar-refractivity contribution in [2.45, 2.75) is 5.75 Å². The Morgan fingerprint density at radius 3 is 2.48 bits per heavy atom. The summed E-state index contributed by atoms with van der Waals surface area (Å²) < 4.78 is 61.0. The Bertz CT molecular complexity index is 1280. The van der Waals surface area contributed by atoms with Gasteiger partial charge in [-0.05, 0) is 54.6 Å². The Balaban J connectivity index is 1.40. The lowest BCUT2D eigenvalue weighted by atomic mass is 10.2. The predicted molar refractivity (Wildman–Crippen MR) is 108 cm³/mol. The molecule has 4 aromatic rings. The van der Waals surface area contributed by atoms with E-state index in [4.69, 9.17) is 4.74 Å². The third-order valence-corrected chi connectivity index (χ3v) is 5.31. The maximum absolute atomic E-state index is 13.7. The lowest BCUT2D eigenvalue weighted by Crippen LogP contribution is -2.16. The third-order valence-electron chi connectivity index (χ3n) is 4.07. The number of ether oxygens (including phenoxy) is 1. The third kappa shape index (κ3) is 5.20. The molecule has 11 heteroatoms. The molecule has 1 N–H and O–H groups in total. The number of anilines is 1. The number of sulfonamides is 1. The van der Waals surface area contributed by atoms with Crippen LogP contribution in [0.4, 0.5) is 14.5 Å². The molecule has 0 saturated heterocycles. The first-order chi connectivity index (χ1) is 14.9. The van der Waals surface area contributed by atoms with Gasteiger partial charge in [0.25, 0.3) is 0 Å². The van der Waals surface area contributed by atoms with E-state index < -0.39 is 27.4 Å². The minimum absolute atomic E-state index is 0.240. The topological polar surface area (TPSA) is 99.0 Å². The van der Waals surface area contributed by atoms with Crippen LogP contribution in [0.5, 0.6) is 11.6 Å². The summed E-state index contributed by atoms with van der Waals surface area (Å²) >= 11 is 0. The molecule has 0 aliphatic rings. The van der Waals surface area contributed by atoms with E-state index in [-0.39, 0.29) is 17.1 Å². The summed E-state index contributed by atoms with van der Waals surface area (Å²) in [5, 5.41) is 12.0. The fourth-order valence-corrected chi connectivity index (χ4v) is 3.88. The zero-order chi connectivity index (χ0) is 21.8. The summed E-state index contributed by atoms with van der Waals surface area (Å²) in [6.45, 7) is 0. The molecule has 2 heterocycles. The molecular formula is C20H15F2N5O3S. The normalized spacial score (nSPS) is 11.3. The summed E-state index contributed by atoms with van der Waals surface area (Å²) in [6.07, 6.45) is 3.35. The molecule has 4 rings (SSSR count). The van der Waals surface area contributed by atoms with Gasteiger partial charge in [-0.3, -0.25) is 4.72 Å². The largest absolute Gasteiger partial charge is 0.438 e. The van der Waals surface area contributed by atoms with E-state index in [0.717, 1.165) is 18.2 Å². The number of halogens is 2. The van der Waals surface area contributed by atoms with Crippen molar-refractivity contribution in [2.75, 3.05) is 4.72 Å². The van der Waals surface area contributed by atoms with Gasteiger partial charge < -0.3 is 4.74 Å². The highest BCUT2D eigenvalue weighted by Gasteiger charge is 2.16. The van der Waals surface area contributed by atoms with Crippen LogP contribution in [-0.2, 0) is 15.8 Å². The zero-order valence-corrected chi connectivity index (χ0v) is 16.6. The van der Waals surface area contributed by atoms with Crippen molar-refractivity contribution in [3.05, 3.63) is 90.3 Å². The van der Waals surface area contributed by atoms with E-state index in [1.165, 1.54) is 24.3 Å². The predicted octanol–water partition coefficient (Wildman–Crippen LogP) is 3.67. The molecule has 31 heavy (non-hydrogen) atoms. The van der Waals surface area contributed by atoms with Crippen LogP contribution in [0.3, 0.4) is 0 Å². The molecule has 0 aliphatic carbocycles. The van der Waals surface area contributed by atoms with Crippen molar-refractivity contribution < 1.29 is 21.9 Å². The van der Waals surface area contributed by atoms with Crippen molar-refractivity contribution in [3.8, 4) is 17.4 Å². The Morgan fingerprint density at radius 1 is 1.00 bits per heavy atom. The lowest BCUT2D eigenvalue weighted by Gasteiger charge is -2.10. The molecule has 2 aromatic heterocycles. The van der Waals surface area contributed by atoms with Gasteiger partial charge >= 0.3 is 0 Å². The highest BCUT2D eigenvalue weighted by molar-refractivity contribution is 7.91.